The van der Waals surface area contributed by atoms with Gasteiger partial charge in [0.15, 0.2) is 0 Å². The van der Waals surface area contributed by atoms with Gasteiger partial charge in [-0.2, -0.15) is 18.4 Å². The standard InChI is InChI=1S/C8H4BrF3N2/c9-6-1-4(3-13)5(2-7(6)14)8(10,11)12/h1-2H,14H2. The van der Waals surface area contributed by atoms with Crippen molar-refractivity contribution in [2.45, 2.75) is 6.18 Å². The third-order valence-electron chi connectivity index (χ3n) is 1.56. The van der Waals surface area contributed by atoms with Crippen LogP contribution in [0.4, 0.5) is 18.9 Å². The average Bonchev–Trinajstić information content (AvgIpc) is 2.07. The molecule has 14 heavy (non-hydrogen) atoms. The lowest BCUT2D eigenvalue weighted by atomic mass is 10.1. The quantitative estimate of drug-likeness (QED) is 0.733. The van der Waals surface area contributed by atoms with Crippen LogP contribution in [0.25, 0.3) is 0 Å². The topological polar surface area (TPSA) is 49.8 Å². The van der Waals surface area contributed by atoms with E-state index in [1.807, 2.05) is 0 Å². The van der Waals surface area contributed by atoms with Crippen LogP contribution >= 0.6 is 15.9 Å². The first-order chi connectivity index (χ1) is 6.36. The molecule has 0 fully saturated rings. The molecular weight excluding hydrogens is 261 g/mol. The van der Waals surface area contributed by atoms with Gasteiger partial charge in [0.1, 0.15) is 0 Å². The van der Waals surface area contributed by atoms with Crippen LogP contribution in [0.15, 0.2) is 16.6 Å². The molecule has 0 unspecified atom stereocenters. The Morgan fingerprint density at radius 3 is 2.36 bits per heavy atom. The minimum Gasteiger partial charge on any atom is -0.398 e. The van der Waals surface area contributed by atoms with Gasteiger partial charge in [0.05, 0.1) is 17.2 Å². The summed E-state index contributed by atoms with van der Waals surface area (Å²) in [5, 5.41) is 8.49. The fraction of sp³-hybridized carbons (Fsp3) is 0.125. The minimum atomic E-state index is -4.56. The second kappa shape index (κ2) is 3.50. The second-order valence-corrected chi connectivity index (χ2v) is 3.38. The third-order valence-corrected chi connectivity index (χ3v) is 2.25. The zero-order chi connectivity index (χ0) is 10.9. The molecule has 0 radical (unpaired) electrons. The number of hydrogen-bond donors (Lipinski definition) is 1. The van der Waals surface area contributed by atoms with E-state index < -0.39 is 17.3 Å². The number of nitrogen functional groups attached to an aromatic ring is 1. The molecule has 0 heterocycles. The summed E-state index contributed by atoms with van der Waals surface area (Å²) in [5.41, 5.74) is 3.78. The summed E-state index contributed by atoms with van der Waals surface area (Å²) in [6, 6.07) is 3.26. The molecule has 0 aliphatic carbocycles. The largest absolute Gasteiger partial charge is 0.417 e. The molecule has 0 aliphatic rings. The van der Waals surface area contributed by atoms with Crippen LogP contribution in [0.5, 0.6) is 0 Å². The monoisotopic (exact) mass is 264 g/mol. The van der Waals surface area contributed by atoms with Gasteiger partial charge < -0.3 is 5.73 Å². The molecule has 0 atom stereocenters. The number of benzene rings is 1. The summed E-state index contributed by atoms with van der Waals surface area (Å²) in [6.45, 7) is 0. The molecule has 0 aromatic heterocycles. The number of anilines is 1. The molecule has 0 bridgehead atoms. The zero-order valence-corrected chi connectivity index (χ0v) is 8.28. The summed E-state index contributed by atoms with van der Waals surface area (Å²) in [5.74, 6) is 0. The highest BCUT2D eigenvalue weighted by atomic mass is 79.9. The van der Waals surface area contributed by atoms with Crippen molar-refractivity contribution in [3.05, 3.63) is 27.7 Å². The predicted octanol–water partition coefficient (Wildman–Crippen LogP) is 2.92. The Morgan fingerprint density at radius 1 is 1.36 bits per heavy atom. The van der Waals surface area contributed by atoms with E-state index in [9.17, 15) is 13.2 Å². The highest BCUT2D eigenvalue weighted by molar-refractivity contribution is 9.10. The Morgan fingerprint density at radius 2 is 1.93 bits per heavy atom. The second-order valence-electron chi connectivity index (χ2n) is 2.53. The molecule has 74 valence electrons. The van der Waals surface area contributed by atoms with Crippen molar-refractivity contribution in [3.8, 4) is 6.07 Å². The third kappa shape index (κ3) is 1.99. The van der Waals surface area contributed by atoms with Gasteiger partial charge in [-0.3, -0.25) is 0 Å². The van der Waals surface area contributed by atoms with Crippen molar-refractivity contribution in [2.75, 3.05) is 5.73 Å². The number of rotatable bonds is 0. The summed E-state index contributed by atoms with van der Waals surface area (Å²) in [7, 11) is 0. The van der Waals surface area contributed by atoms with Gasteiger partial charge in [-0.1, -0.05) is 0 Å². The van der Waals surface area contributed by atoms with Gasteiger partial charge in [0, 0.05) is 10.2 Å². The van der Waals surface area contributed by atoms with Crippen molar-refractivity contribution in [2.24, 2.45) is 0 Å². The van der Waals surface area contributed by atoms with Crippen molar-refractivity contribution in [1.82, 2.24) is 0 Å². The first-order valence-corrected chi connectivity index (χ1v) is 4.22. The predicted molar refractivity (Wildman–Crippen MR) is 48.3 cm³/mol. The van der Waals surface area contributed by atoms with E-state index in [4.69, 9.17) is 11.0 Å². The van der Waals surface area contributed by atoms with Gasteiger partial charge in [-0.15, -0.1) is 0 Å². The Hall–Kier alpha value is -1.22. The van der Waals surface area contributed by atoms with E-state index >= 15 is 0 Å². The molecule has 0 saturated heterocycles. The van der Waals surface area contributed by atoms with E-state index in [0.29, 0.717) is 0 Å². The maximum absolute atomic E-state index is 12.3. The van der Waals surface area contributed by atoms with Crippen LogP contribution in [-0.2, 0) is 6.18 Å². The smallest absolute Gasteiger partial charge is 0.398 e. The summed E-state index contributed by atoms with van der Waals surface area (Å²) < 4.78 is 37.3. The fourth-order valence-corrected chi connectivity index (χ4v) is 1.26. The van der Waals surface area contributed by atoms with Crippen LogP contribution in [-0.4, -0.2) is 0 Å². The lowest BCUT2D eigenvalue weighted by Crippen LogP contribution is -2.08. The summed E-state index contributed by atoms with van der Waals surface area (Å²) in [4.78, 5) is 0. The van der Waals surface area contributed by atoms with E-state index in [1.165, 1.54) is 6.07 Å². The fourth-order valence-electron chi connectivity index (χ4n) is 0.917. The van der Waals surface area contributed by atoms with Crippen molar-refractivity contribution < 1.29 is 13.2 Å². The number of nitrogens with zero attached hydrogens (tertiary/aromatic N) is 1. The van der Waals surface area contributed by atoms with Gasteiger partial charge in [0.25, 0.3) is 0 Å². The number of nitriles is 1. The Labute approximate surface area is 86.3 Å². The summed E-state index contributed by atoms with van der Waals surface area (Å²) >= 11 is 2.94. The van der Waals surface area contributed by atoms with Crippen LogP contribution in [0.2, 0.25) is 0 Å². The Bertz CT molecular complexity index is 406. The Balaban J connectivity index is 3.45. The molecule has 0 saturated carbocycles. The van der Waals surface area contributed by atoms with E-state index in [1.54, 1.807) is 0 Å². The normalized spacial score (nSPS) is 11.1. The molecule has 1 rings (SSSR count). The molecule has 2 N–H and O–H groups in total. The lowest BCUT2D eigenvalue weighted by molar-refractivity contribution is -0.137. The van der Waals surface area contributed by atoms with Crippen LogP contribution < -0.4 is 5.73 Å². The van der Waals surface area contributed by atoms with Crippen LogP contribution in [0.1, 0.15) is 11.1 Å². The highest BCUT2D eigenvalue weighted by Gasteiger charge is 2.34. The molecule has 1 aromatic rings. The van der Waals surface area contributed by atoms with Gasteiger partial charge in [-0.25, -0.2) is 0 Å². The van der Waals surface area contributed by atoms with Crippen molar-refractivity contribution in [1.29, 1.82) is 5.26 Å². The van der Waals surface area contributed by atoms with Crippen LogP contribution in [0, 0.1) is 11.3 Å². The molecule has 6 heteroatoms. The molecule has 0 amide bonds. The number of nitrogens with two attached hydrogens (primary N) is 1. The van der Waals surface area contributed by atoms with Crippen molar-refractivity contribution in [3.63, 3.8) is 0 Å². The molecule has 2 nitrogen and oxygen atoms in total. The minimum absolute atomic E-state index is 0.0451. The van der Waals surface area contributed by atoms with E-state index in [-0.39, 0.29) is 10.2 Å². The first-order valence-electron chi connectivity index (χ1n) is 3.42. The van der Waals surface area contributed by atoms with E-state index in [2.05, 4.69) is 15.9 Å². The maximum atomic E-state index is 12.3. The van der Waals surface area contributed by atoms with Crippen LogP contribution in [0.3, 0.4) is 0 Å². The summed E-state index contributed by atoms with van der Waals surface area (Å²) in [6.07, 6.45) is -4.56. The maximum Gasteiger partial charge on any atom is 0.417 e. The van der Waals surface area contributed by atoms with Gasteiger partial charge >= 0.3 is 6.18 Å². The lowest BCUT2D eigenvalue weighted by Gasteiger charge is -2.10. The van der Waals surface area contributed by atoms with Gasteiger partial charge in [0.2, 0.25) is 0 Å². The molecular formula is C8H4BrF3N2. The number of halogens is 4. The Kier molecular flexibility index (Phi) is 2.71. The highest BCUT2D eigenvalue weighted by Crippen LogP contribution is 2.35. The number of hydrogen-bond acceptors (Lipinski definition) is 2. The van der Waals surface area contributed by atoms with Crippen molar-refractivity contribution >= 4 is 21.6 Å². The molecule has 0 spiro atoms. The van der Waals surface area contributed by atoms with Gasteiger partial charge in [-0.05, 0) is 28.1 Å². The SMILES string of the molecule is N#Cc1cc(Br)c(N)cc1C(F)(F)F. The first kappa shape index (κ1) is 10.9. The van der Waals surface area contributed by atoms with E-state index in [0.717, 1.165) is 12.1 Å². The average molecular weight is 265 g/mol. The molecule has 0 aliphatic heterocycles. The number of alkyl halides is 3. The zero-order valence-electron chi connectivity index (χ0n) is 6.69. The molecule has 1 aromatic carbocycles.